The summed E-state index contributed by atoms with van der Waals surface area (Å²) in [5.74, 6) is -0.0732. The van der Waals surface area contributed by atoms with Crippen molar-refractivity contribution in [2.24, 2.45) is 11.1 Å². The van der Waals surface area contributed by atoms with Gasteiger partial charge >= 0.3 is 6.18 Å². The van der Waals surface area contributed by atoms with Gasteiger partial charge in [-0.3, -0.25) is 4.79 Å². The van der Waals surface area contributed by atoms with Crippen molar-refractivity contribution in [1.82, 2.24) is 4.90 Å². The van der Waals surface area contributed by atoms with E-state index in [1.54, 1.807) is 11.0 Å². The zero-order valence-electron chi connectivity index (χ0n) is 18.1. The lowest BCUT2D eigenvalue weighted by Crippen LogP contribution is -2.38. The molecule has 2 aromatic rings. The quantitative estimate of drug-likeness (QED) is 0.621. The predicted octanol–water partition coefficient (Wildman–Crippen LogP) is 4.70. The molecule has 0 aromatic heterocycles. The molecular weight excluding hydrogens is 419 g/mol. The molecule has 1 heterocycles. The van der Waals surface area contributed by atoms with E-state index in [2.05, 4.69) is 5.16 Å². The Morgan fingerprint density at radius 1 is 1.12 bits per heavy atom. The minimum absolute atomic E-state index is 0.0326. The zero-order chi connectivity index (χ0) is 22.9. The third-order valence-electron chi connectivity index (χ3n) is 5.74. The van der Waals surface area contributed by atoms with E-state index in [1.807, 2.05) is 43.3 Å². The Hall–Kier alpha value is -3.03. The summed E-state index contributed by atoms with van der Waals surface area (Å²) in [5, 5.41) is 4.20. The summed E-state index contributed by atoms with van der Waals surface area (Å²) in [6.45, 7) is 0.403. The second-order valence-electron chi connectivity index (χ2n) is 8.60. The molecule has 0 spiro atoms. The summed E-state index contributed by atoms with van der Waals surface area (Å²) in [7, 11) is 3.94. The molecule has 1 fully saturated rings. The number of halogens is 3. The van der Waals surface area contributed by atoms with Gasteiger partial charge in [-0.05, 0) is 48.2 Å². The van der Waals surface area contributed by atoms with Gasteiger partial charge in [-0.2, -0.15) is 13.2 Å². The highest BCUT2D eigenvalue weighted by Gasteiger charge is 2.36. The van der Waals surface area contributed by atoms with E-state index in [9.17, 15) is 18.0 Å². The number of nitrogens with zero attached hydrogens (tertiary/aromatic N) is 3. The molecule has 1 amide bonds. The Bertz CT molecular complexity index is 998. The molecule has 0 N–H and O–H groups in total. The lowest BCUT2D eigenvalue weighted by Gasteiger charge is -2.25. The average molecular weight is 445 g/mol. The lowest BCUT2D eigenvalue weighted by atomic mass is 10.0. The van der Waals surface area contributed by atoms with Gasteiger partial charge in [-0.15, -0.1) is 0 Å². The monoisotopic (exact) mass is 445 g/mol. The van der Waals surface area contributed by atoms with Crippen LogP contribution in [-0.4, -0.2) is 43.3 Å². The van der Waals surface area contributed by atoms with Gasteiger partial charge in [-0.25, -0.2) is 0 Å². The Kier molecular flexibility index (Phi) is 6.13. The average Bonchev–Trinajstić information content (AvgIpc) is 3.51. The van der Waals surface area contributed by atoms with Crippen molar-refractivity contribution in [3.63, 3.8) is 0 Å². The van der Waals surface area contributed by atoms with Gasteiger partial charge in [-0.1, -0.05) is 29.4 Å². The van der Waals surface area contributed by atoms with E-state index >= 15 is 0 Å². The molecule has 2 aromatic carbocycles. The summed E-state index contributed by atoms with van der Waals surface area (Å²) < 4.78 is 39.3. The molecule has 0 radical (unpaired) electrons. The van der Waals surface area contributed by atoms with E-state index in [0.29, 0.717) is 12.0 Å². The maximum Gasteiger partial charge on any atom is 0.416 e. The van der Waals surface area contributed by atoms with Gasteiger partial charge in [0.2, 0.25) is 5.91 Å². The molecule has 5 nitrogen and oxygen atoms in total. The van der Waals surface area contributed by atoms with Crippen LogP contribution in [0, 0.1) is 5.92 Å². The summed E-state index contributed by atoms with van der Waals surface area (Å²) in [4.78, 5) is 22.1. The summed E-state index contributed by atoms with van der Waals surface area (Å²) in [5.41, 5.74) is 2.58. The van der Waals surface area contributed by atoms with E-state index in [0.717, 1.165) is 41.9 Å². The molecule has 0 saturated heterocycles. The minimum Gasteiger partial charge on any atom is -0.390 e. The third kappa shape index (κ3) is 5.23. The molecule has 1 aliphatic carbocycles. The number of hydrogen-bond acceptors (Lipinski definition) is 4. The number of carbonyl (C=O) groups excluding carboxylic acids is 1. The number of alkyl halides is 3. The first-order valence-electron chi connectivity index (χ1n) is 10.7. The number of anilines is 1. The number of benzene rings is 2. The van der Waals surface area contributed by atoms with Crippen molar-refractivity contribution in [3.05, 3.63) is 65.2 Å². The first kappa shape index (κ1) is 22.2. The van der Waals surface area contributed by atoms with Crippen LogP contribution in [0.5, 0.6) is 0 Å². The molecule has 1 saturated carbocycles. The molecule has 32 heavy (non-hydrogen) atoms. The fourth-order valence-electron chi connectivity index (χ4n) is 3.78. The Morgan fingerprint density at radius 2 is 1.84 bits per heavy atom. The predicted molar refractivity (Wildman–Crippen MR) is 116 cm³/mol. The minimum atomic E-state index is -4.42. The maximum absolute atomic E-state index is 13.1. The second-order valence-corrected chi connectivity index (χ2v) is 8.60. The van der Waals surface area contributed by atoms with Crippen molar-refractivity contribution in [1.29, 1.82) is 0 Å². The van der Waals surface area contributed by atoms with Gasteiger partial charge in [0.15, 0.2) is 6.10 Å². The van der Waals surface area contributed by atoms with E-state index in [1.165, 1.54) is 6.07 Å². The number of rotatable bonds is 7. The second kappa shape index (κ2) is 8.84. The van der Waals surface area contributed by atoms with E-state index < -0.39 is 11.7 Å². The van der Waals surface area contributed by atoms with Crippen LogP contribution < -0.4 is 4.90 Å². The van der Waals surface area contributed by atoms with Gasteiger partial charge in [0.25, 0.3) is 0 Å². The Morgan fingerprint density at radius 3 is 2.47 bits per heavy atom. The fraction of sp³-hybridized carbons (Fsp3) is 0.417. The van der Waals surface area contributed by atoms with Gasteiger partial charge in [0.1, 0.15) is 0 Å². The van der Waals surface area contributed by atoms with Crippen LogP contribution in [0.15, 0.2) is 53.7 Å². The van der Waals surface area contributed by atoms with Gasteiger partial charge < -0.3 is 14.6 Å². The molecule has 4 rings (SSSR count). The number of carbonyl (C=O) groups is 1. The first-order valence-corrected chi connectivity index (χ1v) is 10.7. The summed E-state index contributed by atoms with van der Waals surface area (Å²) in [6.07, 6.45) is -2.56. The van der Waals surface area contributed by atoms with Crippen LogP contribution in [-0.2, 0) is 22.4 Å². The van der Waals surface area contributed by atoms with Crippen molar-refractivity contribution in [2.45, 2.75) is 38.1 Å². The Balaban J connectivity index is 1.43. The maximum atomic E-state index is 13.1. The molecule has 0 bridgehead atoms. The molecule has 2 aliphatic rings. The molecule has 170 valence electrons. The van der Waals surface area contributed by atoms with Crippen LogP contribution in [0.4, 0.5) is 18.9 Å². The van der Waals surface area contributed by atoms with E-state index in [4.69, 9.17) is 4.84 Å². The smallest absolute Gasteiger partial charge is 0.390 e. The fourth-order valence-corrected chi connectivity index (χ4v) is 3.78. The number of amides is 1. The summed E-state index contributed by atoms with van der Waals surface area (Å²) >= 11 is 0. The largest absolute Gasteiger partial charge is 0.416 e. The van der Waals surface area contributed by atoms with Crippen LogP contribution in [0.3, 0.4) is 0 Å². The van der Waals surface area contributed by atoms with Crippen LogP contribution in [0.2, 0.25) is 0 Å². The van der Waals surface area contributed by atoms with Gasteiger partial charge in [0, 0.05) is 38.7 Å². The van der Waals surface area contributed by atoms with Crippen LogP contribution in [0.1, 0.15) is 36.0 Å². The normalized spacial score (nSPS) is 18.2. The highest BCUT2D eigenvalue weighted by atomic mass is 19.4. The van der Waals surface area contributed by atoms with Crippen LogP contribution in [0.25, 0.3) is 0 Å². The third-order valence-corrected chi connectivity index (χ3v) is 5.74. The first-order chi connectivity index (χ1) is 15.2. The molecular formula is C24H26F3N3O2. The number of hydrogen-bond donors (Lipinski definition) is 0. The zero-order valence-corrected chi connectivity index (χ0v) is 18.1. The molecule has 1 atom stereocenters. The van der Waals surface area contributed by atoms with Crippen molar-refractivity contribution >= 4 is 17.3 Å². The highest BCUT2D eigenvalue weighted by Crippen LogP contribution is 2.33. The molecule has 8 heteroatoms. The van der Waals surface area contributed by atoms with Gasteiger partial charge in [0.05, 0.1) is 17.8 Å². The van der Waals surface area contributed by atoms with E-state index in [-0.39, 0.29) is 31.0 Å². The van der Waals surface area contributed by atoms with Crippen molar-refractivity contribution in [2.75, 3.05) is 25.5 Å². The lowest BCUT2D eigenvalue weighted by molar-refractivity contribution is -0.137. The Labute approximate surface area is 185 Å². The number of oxime groups is 1. The molecule has 1 aliphatic heterocycles. The van der Waals surface area contributed by atoms with Crippen molar-refractivity contribution in [3.8, 4) is 0 Å². The van der Waals surface area contributed by atoms with Crippen molar-refractivity contribution < 1.29 is 22.8 Å². The van der Waals surface area contributed by atoms with Crippen LogP contribution >= 0.6 is 0 Å². The standard InChI is InChI=1S/C24H26F3N3O2/c1-29(2)20-10-8-17(9-11-20)22-13-21(32-28-22)15-30(23(31)18-6-7-18)14-16-4-3-5-19(12-16)24(25,26)27/h3-5,8-12,18,21H,6-7,13-15H2,1-2H3/t21-/m0/s1. The molecule has 0 unspecified atom stereocenters. The topological polar surface area (TPSA) is 45.1 Å². The SMILES string of the molecule is CN(C)c1ccc(C2=NO[C@H](CN(Cc3cccc(C(F)(F)F)c3)C(=O)C3CC3)C2)cc1. The highest BCUT2D eigenvalue weighted by molar-refractivity contribution is 6.01. The summed E-state index contributed by atoms with van der Waals surface area (Å²) in [6, 6.07) is 13.1.